The molecule has 2 bridgehead atoms. The zero-order chi connectivity index (χ0) is 38.4. The highest BCUT2D eigenvalue weighted by molar-refractivity contribution is 5.94. The fraction of sp³-hybridized carbons (Fsp3) is 0.405. The van der Waals surface area contributed by atoms with E-state index in [2.05, 4.69) is 10.6 Å². The van der Waals surface area contributed by atoms with Crippen LogP contribution in [-0.2, 0) is 32.0 Å². The van der Waals surface area contributed by atoms with E-state index in [1.165, 1.54) is 4.90 Å². The summed E-state index contributed by atoms with van der Waals surface area (Å²) in [6, 6.07) is 21.6. The SMILES string of the molecule is COc1ccc2c(O[C@@H]3C[C@H]4C(=O)N[C@@H](C(=O)O)CCCCCc5cccc(c5)C[C@@H](NC(=O)OC(C)(C)C)C(=O)N4C3)cc(-c3ccccc3)nc2c1. The molecule has 4 atom stereocenters. The lowest BCUT2D eigenvalue weighted by Crippen LogP contribution is -2.56. The Hall–Kier alpha value is -5.65. The lowest BCUT2D eigenvalue weighted by molar-refractivity contribution is -0.144. The summed E-state index contributed by atoms with van der Waals surface area (Å²) in [5.41, 5.74) is 3.28. The summed E-state index contributed by atoms with van der Waals surface area (Å²) in [6.45, 7) is 5.21. The van der Waals surface area contributed by atoms with Crippen LogP contribution < -0.4 is 20.1 Å². The van der Waals surface area contributed by atoms with Gasteiger partial charge in [-0.2, -0.15) is 0 Å². The number of aryl methyl sites for hydroxylation is 1. The van der Waals surface area contributed by atoms with E-state index in [0.717, 1.165) is 36.0 Å². The minimum absolute atomic E-state index is 0.00182. The van der Waals surface area contributed by atoms with Gasteiger partial charge in [0.05, 0.1) is 24.9 Å². The second-order valence-corrected chi connectivity index (χ2v) is 15.0. The van der Waals surface area contributed by atoms with Gasteiger partial charge in [-0.05, 0) is 63.3 Å². The first-order chi connectivity index (χ1) is 25.9. The molecule has 1 fully saturated rings. The van der Waals surface area contributed by atoms with E-state index >= 15 is 0 Å². The topological polar surface area (TPSA) is 156 Å². The number of carboxylic acid groups (broad SMARTS) is 1. The van der Waals surface area contributed by atoms with Crippen molar-refractivity contribution in [3.05, 3.63) is 90.0 Å². The van der Waals surface area contributed by atoms with Gasteiger partial charge in [0.15, 0.2) is 0 Å². The van der Waals surface area contributed by atoms with Gasteiger partial charge in [-0.25, -0.2) is 14.6 Å². The maximum absolute atomic E-state index is 14.7. The number of carboxylic acids is 1. The molecule has 12 nitrogen and oxygen atoms in total. The monoisotopic (exact) mass is 736 g/mol. The molecule has 54 heavy (non-hydrogen) atoms. The van der Waals surface area contributed by atoms with Crippen LogP contribution in [0.25, 0.3) is 22.2 Å². The average molecular weight is 737 g/mol. The first-order valence-electron chi connectivity index (χ1n) is 18.5. The number of hydrogen-bond acceptors (Lipinski definition) is 8. The summed E-state index contributed by atoms with van der Waals surface area (Å²) in [7, 11) is 1.58. The zero-order valence-electron chi connectivity index (χ0n) is 31.2. The van der Waals surface area contributed by atoms with Gasteiger partial charge < -0.3 is 34.9 Å². The Morgan fingerprint density at radius 1 is 0.944 bits per heavy atom. The Balaban J connectivity index is 1.37. The van der Waals surface area contributed by atoms with Gasteiger partial charge in [-0.3, -0.25) is 9.59 Å². The van der Waals surface area contributed by atoms with Crippen LogP contribution in [0.5, 0.6) is 11.5 Å². The van der Waals surface area contributed by atoms with E-state index in [9.17, 15) is 24.3 Å². The molecule has 0 radical (unpaired) electrons. The average Bonchev–Trinajstić information content (AvgIpc) is 3.56. The van der Waals surface area contributed by atoms with Crippen LogP contribution in [0.1, 0.15) is 64.0 Å². The highest BCUT2D eigenvalue weighted by Gasteiger charge is 2.44. The molecule has 2 aliphatic rings. The number of rotatable bonds is 6. The number of nitrogens with zero attached hydrogens (tertiary/aromatic N) is 2. The Kier molecular flexibility index (Phi) is 11.7. The van der Waals surface area contributed by atoms with Crippen molar-refractivity contribution in [3.8, 4) is 22.8 Å². The fourth-order valence-electron chi connectivity index (χ4n) is 7.09. The highest BCUT2D eigenvalue weighted by atomic mass is 16.6. The van der Waals surface area contributed by atoms with Crippen molar-refractivity contribution in [2.45, 2.75) is 95.5 Å². The molecular formula is C42H48N4O8. The van der Waals surface area contributed by atoms with Gasteiger partial charge in [-0.1, -0.05) is 67.4 Å². The molecular weight excluding hydrogens is 688 g/mol. The van der Waals surface area contributed by atoms with Gasteiger partial charge >= 0.3 is 12.1 Å². The van der Waals surface area contributed by atoms with E-state index in [1.54, 1.807) is 27.9 Å². The Labute approximate surface area is 315 Å². The number of carbonyl (C=O) groups is 4. The predicted molar refractivity (Wildman–Crippen MR) is 203 cm³/mol. The van der Waals surface area contributed by atoms with Crippen LogP contribution in [0.15, 0.2) is 78.9 Å². The molecule has 1 aromatic heterocycles. The Bertz CT molecular complexity index is 2000. The minimum Gasteiger partial charge on any atom is -0.497 e. The molecule has 3 aromatic carbocycles. The van der Waals surface area contributed by atoms with Gasteiger partial charge in [-0.15, -0.1) is 0 Å². The van der Waals surface area contributed by atoms with Crippen molar-refractivity contribution in [2.24, 2.45) is 0 Å². The van der Waals surface area contributed by atoms with Crippen LogP contribution in [0.4, 0.5) is 4.79 Å². The number of methoxy groups -OCH3 is 1. The van der Waals surface area contributed by atoms with Crippen LogP contribution in [0, 0.1) is 0 Å². The molecule has 3 N–H and O–H groups in total. The van der Waals surface area contributed by atoms with Gasteiger partial charge in [0.1, 0.15) is 41.3 Å². The van der Waals surface area contributed by atoms with Crippen molar-refractivity contribution in [1.82, 2.24) is 20.5 Å². The number of alkyl carbamates (subject to hydrolysis) is 1. The first kappa shape index (κ1) is 38.1. The molecule has 0 unspecified atom stereocenters. The van der Waals surface area contributed by atoms with E-state index in [1.807, 2.05) is 78.9 Å². The number of amides is 3. The molecule has 284 valence electrons. The van der Waals surface area contributed by atoms with Crippen molar-refractivity contribution in [2.75, 3.05) is 13.7 Å². The van der Waals surface area contributed by atoms with Crippen LogP contribution >= 0.6 is 0 Å². The summed E-state index contributed by atoms with van der Waals surface area (Å²) < 4.78 is 17.7. The maximum atomic E-state index is 14.7. The van der Waals surface area contributed by atoms with Crippen molar-refractivity contribution in [3.63, 3.8) is 0 Å². The first-order valence-corrected chi connectivity index (χ1v) is 18.5. The summed E-state index contributed by atoms with van der Waals surface area (Å²) in [6.07, 6.45) is 2.05. The second kappa shape index (κ2) is 16.6. The van der Waals surface area contributed by atoms with Crippen LogP contribution in [0.3, 0.4) is 0 Å². The van der Waals surface area contributed by atoms with E-state index in [0.29, 0.717) is 34.5 Å². The van der Waals surface area contributed by atoms with Gasteiger partial charge in [0.25, 0.3) is 0 Å². The van der Waals surface area contributed by atoms with Crippen LogP contribution in [-0.4, -0.2) is 82.4 Å². The van der Waals surface area contributed by atoms with E-state index in [4.69, 9.17) is 19.2 Å². The lowest BCUT2D eigenvalue weighted by Gasteiger charge is -2.30. The number of carbonyl (C=O) groups excluding carboxylic acids is 3. The molecule has 12 heteroatoms. The number of hydrogen-bond donors (Lipinski definition) is 3. The van der Waals surface area contributed by atoms with Crippen molar-refractivity contribution in [1.29, 1.82) is 0 Å². The number of aromatic nitrogens is 1. The standard InChI is InChI=1S/C42H48N4O8/c1-42(2,3)54-41(51)45-35-21-27-14-11-13-26(20-27)12-7-5-10-17-32(40(49)50)44-38(47)36-23-30(25-46(36)39(35)48)53-37-24-33(28-15-8-6-9-16-28)43-34-22-29(52-4)18-19-31(34)37/h6,8-9,11,13-16,18-20,22,24,30,32,35-36H,5,7,10,12,17,21,23,25H2,1-4H3,(H,44,47)(H,45,51)(H,49,50)/t30-,32-,35-,36+/m1/s1. The highest BCUT2D eigenvalue weighted by Crippen LogP contribution is 2.35. The molecule has 0 saturated carbocycles. The molecule has 4 aromatic rings. The lowest BCUT2D eigenvalue weighted by atomic mass is 9.98. The minimum atomic E-state index is -1.14. The quantitative estimate of drug-likeness (QED) is 0.214. The number of fused-ring (bicyclic) bond motifs is 4. The molecule has 6 rings (SSSR count). The number of ether oxygens (including phenoxy) is 3. The fourth-order valence-corrected chi connectivity index (χ4v) is 7.09. The second-order valence-electron chi connectivity index (χ2n) is 15.0. The predicted octanol–water partition coefficient (Wildman–Crippen LogP) is 6.08. The Morgan fingerprint density at radius 2 is 1.72 bits per heavy atom. The molecule has 3 amide bonds. The Morgan fingerprint density at radius 3 is 2.46 bits per heavy atom. The largest absolute Gasteiger partial charge is 0.497 e. The molecule has 0 aliphatic carbocycles. The third-order valence-electron chi connectivity index (χ3n) is 9.68. The summed E-state index contributed by atoms with van der Waals surface area (Å²) >= 11 is 0. The molecule has 3 heterocycles. The molecule has 2 aliphatic heterocycles. The summed E-state index contributed by atoms with van der Waals surface area (Å²) in [4.78, 5) is 60.5. The van der Waals surface area contributed by atoms with Crippen molar-refractivity contribution >= 4 is 34.8 Å². The number of benzene rings is 3. The molecule has 0 spiro atoms. The zero-order valence-corrected chi connectivity index (χ0v) is 31.2. The maximum Gasteiger partial charge on any atom is 0.408 e. The number of nitrogens with one attached hydrogen (secondary N) is 2. The molecule has 1 saturated heterocycles. The van der Waals surface area contributed by atoms with Gasteiger partial charge in [0, 0.05) is 35.9 Å². The third kappa shape index (κ3) is 9.47. The van der Waals surface area contributed by atoms with E-state index < -0.39 is 53.7 Å². The van der Waals surface area contributed by atoms with E-state index in [-0.39, 0.29) is 25.8 Å². The third-order valence-corrected chi connectivity index (χ3v) is 9.68. The smallest absolute Gasteiger partial charge is 0.408 e. The normalized spacial score (nSPS) is 21.1. The number of aliphatic carboxylic acids is 1. The van der Waals surface area contributed by atoms with Crippen LogP contribution in [0.2, 0.25) is 0 Å². The summed E-state index contributed by atoms with van der Waals surface area (Å²) in [5, 5.41) is 16.3. The van der Waals surface area contributed by atoms with Gasteiger partial charge in [0.2, 0.25) is 11.8 Å². The van der Waals surface area contributed by atoms with Crippen molar-refractivity contribution < 1.29 is 38.5 Å². The number of pyridine rings is 1. The summed E-state index contributed by atoms with van der Waals surface area (Å²) in [5.74, 6) is -1.12.